The summed E-state index contributed by atoms with van der Waals surface area (Å²) in [5.41, 5.74) is 0.514. The summed E-state index contributed by atoms with van der Waals surface area (Å²) in [5.74, 6) is -0.334. The van der Waals surface area contributed by atoms with Gasteiger partial charge in [0.15, 0.2) is 5.11 Å². The molecule has 1 fully saturated rings. The molecule has 1 atom stereocenters. The molecule has 1 amide bonds. The number of nitrogens with one attached hydrogen (secondary N) is 2. The normalized spacial score (nSPS) is 16.3. The number of halogens is 3. The van der Waals surface area contributed by atoms with Crippen LogP contribution in [0.2, 0.25) is 0 Å². The molecule has 1 aliphatic rings. The van der Waals surface area contributed by atoms with E-state index in [0.717, 1.165) is 36.7 Å². The first-order valence-corrected chi connectivity index (χ1v) is 10.8. The van der Waals surface area contributed by atoms with Crippen LogP contribution in [0.1, 0.15) is 36.0 Å². The maximum atomic E-state index is 12.9. The summed E-state index contributed by atoms with van der Waals surface area (Å²) < 4.78 is -1.77. The van der Waals surface area contributed by atoms with Crippen LogP contribution < -0.4 is 10.6 Å². The zero-order valence-electron chi connectivity index (χ0n) is 15.3. The topological polar surface area (TPSA) is 44.4 Å². The molecule has 0 saturated carbocycles. The third kappa shape index (κ3) is 5.41. The minimum atomic E-state index is -1.77. The zero-order chi connectivity index (χ0) is 20.1. The van der Waals surface area contributed by atoms with E-state index in [4.69, 9.17) is 47.0 Å². The third-order valence-electron chi connectivity index (χ3n) is 4.80. The van der Waals surface area contributed by atoms with Gasteiger partial charge in [-0.2, -0.15) is 0 Å². The van der Waals surface area contributed by atoms with E-state index in [2.05, 4.69) is 15.5 Å². The van der Waals surface area contributed by atoms with Crippen molar-refractivity contribution in [3.8, 4) is 0 Å². The number of likely N-dealkylation sites (tertiary alicyclic amines) is 1. The molecular weight excluding hydrogens is 437 g/mol. The van der Waals surface area contributed by atoms with Crippen LogP contribution in [0.25, 0.3) is 10.8 Å². The van der Waals surface area contributed by atoms with Crippen molar-refractivity contribution in [1.29, 1.82) is 0 Å². The summed E-state index contributed by atoms with van der Waals surface area (Å²) >= 11 is 23.9. The van der Waals surface area contributed by atoms with Crippen molar-refractivity contribution >= 4 is 68.8 Å². The number of carbonyl (C=O) groups excluding carboxylic acids is 1. The minimum Gasteiger partial charge on any atom is -0.349 e. The maximum absolute atomic E-state index is 12.9. The van der Waals surface area contributed by atoms with Gasteiger partial charge in [0.05, 0.1) is 0 Å². The van der Waals surface area contributed by atoms with Gasteiger partial charge in [-0.3, -0.25) is 4.79 Å². The first-order chi connectivity index (χ1) is 13.4. The standard InChI is InChI=1S/C20H22Cl3N3OS/c21-20(22,23)18(25-19(28)26-12-5-1-2-6-13-26)24-17(27)16-11-7-9-14-8-3-4-10-15(14)16/h3-4,7-11,18H,1-2,5-6,12-13H2,(H,24,27)(H,25,28). The van der Waals surface area contributed by atoms with Gasteiger partial charge in [-0.1, -0.05) is 84.0 Å². The Bertz CT molecular complexity index is 843. The van der Waals surface area contributed by atoms with Crippen molar-refractivity contribution in [3.05, 3.63) is 48.0 Å². The van der Waals surface area contributed by atoms with E-state index in [9.17, 15) is 4.79 Å². The van der Waals surface area contributed by atoms with E-state index in [-0.39, 0.29) is 5.91 Å². The number of amides is 1. The summed E-state index contributed by atoms with van der Waals surface area (Å²) in [7, 11) is 0. The summed E-state index contributed by atoms with van der Waals surface area (Å²) in [6.07, 6.45) is 3.56. The third-order valence-corrected chi connectivity index (χ3v) is 5.83. The number of carbonyl (C=O) groups is 1. The fourth-order valence-corrected chi connectivity index (χ4v) is 3.95. The molecule has 0 bridgehead atoms. The monoisotopic (exact) mass is 457 g/mol. The summed E-state index contributed by atoms with van der Waals surface area (Å²) in [6.45, 7) is 1.71. The van der Waals surface area contributed by atoms with Gasteiger partial charge in [0, 0.05) is 18.7 Å². The highest BCUT2D eigenvalue weighted by Gasteiger charge is 2.35. The van der Waals surface area contributed by atoms with Crippen LogP contribution in [0.15, 0.2) is 42.5 Å². The molecule has 8 heteroatoms. The molecule has 0 aliphatic carbocycles. The van der Waals surface area contributed by atoms with E-state index in [0.29, 0.717) is 10.7 Å². The fourth-order valence-electron chi connectivity index (χ4n) is 3.32. The molecule has 1 unspecified atom stereocenters. The molecule has 2 N–H and O–H groups in total. The Kier molecular flexibility index (Phi) is 7.26. The van der Waals surface area contributed by atoms with Gasteiger partial charge >= 0.3 is 0 Å². The van der Waals surface area contributed by atoms with Gasteiger partial charge in [0.2, 0.25) is 3.79 Å². The average molecular weight is 459 g/mol. The molecule has 0 spiro atoms. The smallest absolute Gasteiger partial charge is 0.253 e. The molecule has 1 saturated heterocycles. The van der Waals surface area contributed by atoms with Crippen molar-refractivity contribution in [2.75, 3.05) is 13.1 Å². The van der Waals surface area contributed by atoms with E-state index < -0.39 is 9.96 Å². The van der Waals surface area contributed by atoms with Crippen LogP contribution in [0, 0.1) is 0 Å². The molecule has 3 rings (SSSR count). The second kappa shape index (κ2) is 9.49. The minimum absolute atomic E-state index is 0.334. The number of rotatable bonds is 3. The highest BCUT2D eigenvalue weighted by molar-refractivity contribution is 7.80. The number of hydrogen-bond donors (Lipinski definition) is 2. The molecule has 2 aromatic rings. The lowest BCUT2D eigenvalue weighted by Gasteiger charge is -2.32. The van der Waals surface area contributed by atoms with Crippen LogP contribution in [-0.4, -0.2) is 39.0 Å². The second-order valence-electron chi connectivity index (χ2n) is 6.83. The number of alkyl halides is 3. The molecular formula is C20H22Cl3N3OS. The zero-order valence-corrected chi connectivity index (χ0v) is 18.3. The van der Waals surface area contributed by atoms with Gasteiger partial charge in [-0.25, -0.2) is 0 Å². The maximum Gasteiger partial charge on any atom is 0.253 e. The largest absolute Gasteiger partial charge is 0.349 e. The summed E-state index contributed by atoms with van der Waals surface area (Å²) in [4.78, 5) is 15.0. The van der Waals surface area contributed by atoms with E-state index in [1.54, 1.807) is 6.07 Å². The van der Waals surface area contributed by atoms with Crippen molar-refractivity contribution < 1.29 is 4.79 Å². The highest BCUT2D eigenvalue weighted by atomic mass is 35.6. The lowest BCUT2D eigenvalue weighted by molar-refractivity contribution is 0.0935. The van der Waals surface area contributed by atoms with Crippen LogP contribution in [0.3, 0.4) is 0 Å². The Morgan fingerprint density at radius 3 is 2.29 bits per heavy atom. The first kappa shape index (κ1) is 21.4. The molecule has 28 heavy (non-hydrogen) atoms. The van der Waals surface area contributed by atoms with Crippen molar-refractivity contribution in [2.24, 2.45) is 0 Å². The van der Waals surface area contributed by atoms with Crippen molar-refractivity contribution in [2.45, 2.75) is 35.6 Å². The van der Waals surface area contributed by atoms with E-state index >= 15 is 0 Å². The quantitative estimate of drug-likeness (QED) is 0.385. The predicted octanol–water partition coefficient (Wildman–Crippen LogP) is 5.02. The molecule has 2 aromatic carbocycles. The Balaban J connectivity index is 1.76. The fraction of sp³-hybridized carbons (Fsp3) is 0.400. The van der Waals surface area contributed by atoms with Gasteiger partial charge in [-0.15, -0.1) is 0 Å². The number of benzene rings is 2. The van der Waals surface area contributed by atoms with E-state index in [1.807, 2.05) is 36.4 Å². The number of thiocarbonyl (C=S) groups is 1. The predicted molar refractivity (Wildman–Crippen MR) is 121 cm³/mol. The van der Waals surface area contributed by atoms with Crippen LogP contribution in [0.5, 0.6) is 0 Å². The van der Waals surface area contributed by atoms with Crippen molar-refractivity contribution in [1.82, 2.24) is 15.5 Å². The van der Waals surface area contributed by atoms with Crippen LogP contribution in [0.4, 0.5) is 0 Å². The van der Waals surface area contributed by atoms with Gasteiger partial charge in [0.1, 0.15) is 6.17 Å². The molecule has 0 radical (unpaired) electrons. The highest BCUT2D eigenvalue weighted by Crippen LogP contribution is 2.30. The summed E-state index contributed by atoms with van der Waals surface area (Å²) in [6, 6.07) is 13.2. The molecule has 1 heterocycles. The van der Waals surface area contributed by atoms with Crippen LogP contribution >= 0.6 is 47.0 Å². The molecule has 4 nitrogen and oxygen atoms in total. The lowest BCUT2D eigenvalue weighted by Crippen LogP contribution is -2.58. The summed E-state index contributed by atoms with van der Waals surface area (Å²) in [5, 5.41) is 8.11. The van der Waals surface area contributed by atoms with Crippen LogP contribution in [-0.2, 0) is 0 Å². The molecule has 1 aliphatic heterocycles. The molecule has 150 valence electrons. The second-order valence-corrected chi connectivity index (χ2v) is 9.58. The Labute approximate surface area is 185 Å². The van der Waals surface area contributed by atoms with Gasteiger partial charge < -0.3 is 15.5 Å². The Morgan fingerprint density at radius 2 is 1.61 bits per heavy atom. The molecule has 0 aromatic heterocycles. The Morgan fingerprint density at radius 1 is 0.964 bits per heavy atom. The van der Waals surface area contributed by atoms with Gasteiger partial charge in [-0.05, 0) is 41.9 Å². The first-order valence-electron chi connectivity index (χ1n) is 9.27. The van der Waals surface area contributed by atoms with Gasteiger partial charge in [0.25, 0.3) is 5.91 Å². The lowest BCUT2D eigenvalue weighted by atomic mass is 10.0. The SMILES string of the molecule is O=C(NC(NC(=S)N1CCCCCC1)C(Cl)(Cl)Cl)c1cccc2ccccc12. The van der Waals surface area contributed by atoms with Crippen molar-refractivity contribution in [3.63, 3.8) is 0 Å². The number of fused-ring (bicyclic) bond motifs is 1. The number of nitrogens with zero attached hydrogens (tertiary/aromatic N) is 1. The Hall–Kier alpha value is -1.27. The average Bonchev–Trinajstić information content (AvgIpc) is 2.95. The number of hydrogen-bond acceptors (Lipinski definition) is 2. The van der Waals surface area contributed by atoms with E-state index in [1.165, 1.54) is 12.8 Å².